The minimum atomic E-state index is -0.706. The molecule has 0 saturated carbocycles. The minimum Gasteiger partial charge on any atom is -0.489 e. The zero-order valence-electron chi connectivity index (χ0n) is 13.0. The number of carbonyl (C=O) groups excluding carboxylic acids is 4. The molecule has 0 aromatic heterocycles. The standard InChI is InChI=1S/C5H6O3.2C4H7O2.2CH4.2Y/c1-4(6)3-8-5(2)7;1-4(5)3-6-2;1-3-6-4(2)5;;;;/h1-3H2;1,3H2,2H3;2-3H2,1H3;2*1H4;;/q-2;2*-1;;;;. The molecular weight excluding hydrogens is 470 g/mol. The van der Waals surface area contributed by atoms with E-state index in [1.54, 1.807) is 6.92 Å². The number of Topliss-reactive ketones (excluding diaryl/α,β-unsaturated/α-hetero) is 2. The Morgan fingerprint density at radius 3 is 1.12 bits per heavy atom. The van der Waals surface area contributed by atoms with Gasteiger partial charge in [0.15, 0.2) is 11.9 Å². The predicted octanol–water partition coefficient (Wildman–Crippen LogP) is 1.45. The zero-order chi connectivity index (χ0) is 16.6. The van der Waals surface area contributed by atoms with Gasteiger partial charge in [-0.3, -0.25) is 23.4 Å². The Hall–Kier alpha value is -0.0722. The van der Waals surface area contributed by atoms with Gasteiger partial charge in [0, 0.05) is 84.1 Å². The van der Waals surface area contributed by atoms with E-state index in [9.17, 15) is 19.2 Å². The summed E-state index contributed by atoms with van der Waals surface area (Å²) in [7, 11) is 1.46. The van der Waals surface area contributed by atoms with Gasteiger partial charge >= 0.3 is 0 Å². The van der Waals surface area contributed by atoms with Gasteiger partial charge in [0.1, 0.15) is 6.61 Å². The number of hydrogen-bond acceptors (Lipinski definition) is 7. The number of rotatable bonds is 5. The van der Waals surface area contributed by atoms with Crippen LogP contribution in [0.2, 0.25) is 0 Å². The van der Waals surface area contributed by atoms with Gasteiger partial charge in [-0.25, -0.2) is 0 Å². The maximum Gasteiger partial charge on any atom is 0.164 e. The molecule has 7 nitrogen and oxygen atoms in total. The molecule has 0 aliphatic heterocycles. The van der Waals surface area contributed by atoms with E-state index in [1.165, 1.54) is 7.11 Å². The van der Waals surface area contributed by atoms with Gasteiger partial charge < -0.3 is 37.6 Å². The average Bonchev–Trinajstić information content (AvgIpc) is 2.27. The quantitative estimate of drug-likeness (QED) is 0.419. The Morgan fingerprint density at radius 1 is 0.750 bits per heavy atom. The maximum absolute atomic E-state index is 9.93. The Kier molecular flexibility index (Phi) is 62.7. The van der Waals surface area contributed by atoms with Crippen molar-refractivity contribution in [3.63, 3.8) is 0 Å². The number of esters is 2. The molecule has 0 amide bonds. The average molecular weight is 498 g/mol. The fraction of sp³-hybridized carbons (Fsp3) is 0.467. The van der Waals surface area contributed by atoms with E-state index < -0.39 is 17.7 Å². The first-order valence-corrected chi connectivity index (χ1v) is 5.33. The van der Waals surface area contributed by atoms with Crippen molar-refractivity contribution in [2.75, 3.05) is 26.9 Å². The first-order chi connectivity index (χ1) is 9.17. The van der Waals surface area contributed by atoms with E-state index in [1.807, 2.05) is 0 Å². The second-order valence-electron chi connectivity index (χ2n) is 2.98. The molecule has 0 rings (SSSR count). The van der Waals surface area contributed by atoms with Crippen molar-refractivity contribution in [2.24, 2.45) is 0 Å². The summed E-state index contributed by atoms with van der Waals surface area (Å²) in [6.07, 6.45) is 0. The maximum atomic E-state index is 9.93. The van der Waals surface area contributed by atoms with E-state index in [0.717, 1.165) is 0 Å². The second kappa shape index (κ2) is 34.3. The fourth-order valence-corrected chi connectivity index (χ4v) is 0.483. The van der Waals surface area contributed by atoms with Crippen molar-refractivity contribution in [3.8, 4) is 0 Å². The zero-order valence-corrected chi connectivity index (χ0v) is 18.6. The molecule has 24 heavy (non-hydrogen) atoms. The number of ether oxygens (including phenoxy) is 3. The van der Waals surface area contributed by atoms with Crippen molar-refractivity contribution in [1.29, 1.82) is 0 Å². The van der Waals surface area contributed by atoms with Crippen molar-refractivity contribution < 1.29 is 98.8 Å². The Bertz CT molecular complexity index is 278. The summed E-state index contributed by atoms with van der Waals surface area (Å²) < 4.78 is 12.8. The number of ketones is 2. The van der Waals surface area contributed by atoms with Crippen LogP contribution in [0.15, 0.2) is 0 Å². The van der Waals surface area contributed by atoms with Crippen molar-refractivity contribution in [2.45, 2.75) is 21.8 Å². The van der Waals surface area contributed by atoms with Crippen LogP contribution in [-0.4, -0.2) is 50.4 Å². The van der Waals surface area contributed by atoms with E-state index >= 15 is 0 Å². The number of carbonyl (C=O) groups is 4. The summed E-state index contributed by atoms with van der Waals surface area (Å²) in [6, 6.07) is 0. The summed E-state index contributed by atoms with van der Waals surface area (Å²) in [5.41, 5.74) is 0. The molecular formula is C15H28O7Y2-4. The molecule has 0 atom stereocenters. The molecule has 140 valence electrons. The van der Waals surface area contributed by atoms with Crippen LogP contribution in [0, 0.1) is 27.7 Å². The molecule has 0 N–H and O–H groups in total. The number of methoxy groups -OCH3 is 1. The normalized spacial score (nSPS) is 6.58. The van der Waals surface area contributed by atoms with Crippen LogP contribution < -0.4 is 0 Å². The first kappa shape index (κ1) is 43.9. The molecule has 0 unspecified atom stereocenters. The van der Waals surface area contributed by atoms with E-state index in [-0.39, 0.29) is 99.3 Å². The van der Waals surface area contributed by atoms with Crippen LogP contribution >= 0.6 is 0 Å². The predicted molar refractivity (Wildman–Crippen MR) is 84.4 cm³/mol. The van der Waals surface area contributed by atoms with Gasteiger partial charge in [-0.1, -0.05) is 14.9 Å². The third kappa shape index (κ3) is 80.4. The van der Waals surface area contributed by atoms with Crippen LogP contribution in [0.5, 0.6) is 0 Å². The third-order valence-electron chi connectivity index (χ3n) is 1.00. The molecule has 9 heteroatoms. The monoisotopic (exact) mass is 498 g/mol. The molecule has 0 aromatic carbocycles. The van der Waals surface area contributed by atoms with Crippen LogP contribution in [0.4, 0.5) is 0 Å². The van der Waals surface area contributed by atoms with Gasteiger partial charge in [-0.05, 0) is 6.92 Å². The second-order valence-corrected chi connectivity index (χ2v) is 2.98. The molecule has 0 bridgehead atoms. The van der Waals surface area contributed by atoms with Crippen molar-refractivity contribution >= 4 is 23.5 Å². The van der Waals surface area contributed by atoms with Crippen LogP contribution in [-0.2, 0) is 98.8 Å². The first-order valence-electron chi connectivity index (χ1n) is 5.33. The Balaban J connectivity index is -0.0000000338. The van der Waals surface area contributed by atoms with Crippen LogP contribution in [0.25, 0.3) is 0 Å². The molecule has 2 radical (unpaired) electrons. The third-order valence-corrected chi connectivity index (χ3v) is 1.00. The molecule has 0 saturated heterocycles. The summed E-state index contributed by atoms with van der Waals surface area (Å²) >= 11 is 0. The SMILES string of the molecule is C.C.[CH2-]C(=O)COC.[CH2-]C(=O)COC([CH2-])=O.[CH2-]C(=O)OCC.[Y].[Y]. The van der Waals surface area contributed by atoms with Crippen LogP contribution in [0.3, 0.4) is 0 Å². The smallest absolute Gasteiger partial charge is 0.164 e. The number of hydrogen-bond donors (Lipinski definition) is 0. The van der Waals surface area contributed by atoms with E-state index in [2.05, 4.69) is 41.9 Å². The van der Waals surface area contributed by atoms with E-state index in [4.69, 9.17) is 0 Å². The van der Waals surface area contributed by atoms with Crippen molar-refractivity contribution in [1.82, 2.24) is 0 Å². The van der Waals surface area contributed by atoms with Gasteiger partial charge in [-0.2, -0.15) is 0 Å². The van der Waals surface area contributed by atoms with Crippen molar-refractivity contribution in [3.05, 3.63) is 27.7 Å². The molecule has 0 spiro atoms. The molecule has 0 aliphatic carbocycles. The molecule has 0 aliphatic rings. The summed E-state index contributed by atoms with van der Waals surface area (Å²) in [5.74, 6) is -1.78. The topological polar surface area (TPSA) is 96.0 Å². The molecule has 0 aromatic rings. The van der Waals surface area contributed by atoms with Gasteiger partial charge in [0.25, 0.3) is 0 Å². The minimum absolute atomic E-state index is 0. The van der Waals surface area contributed by atoms with Gasteiger partial charge in [0.05, 0.1) is 13.2 Å². The van der Waals surface area contributed by atoms with Crippen LogP contribution in [0.1, 0.15) is 21.8 Å². The van der Waals surface area contributed by atoms with E-state index in [0.29, 0.717) is 6.61 Å². The molecule has 0 fully saturated rings. The van der Waals surface area contributed by atoms with Gasteiger partial charge in [-0.15, -0.1) is 0 Å². The summed E-state index contributed by atoms with van der Waals surface area (Å²) in [4.78, 5) is 39.3. The fourth-order valence-electron chi connectivity index (χ4n) is 0.483. The van der Waals surface area contributed by atoms with Gasteiger partial charge in [0.2, 0.25) is 0 Å². The molecule has 0 heterocycles. The Morgan fingerprint density at radius 2 is 1.08 bits per heavy atom. The summed E-state index contributed by atoms with van der Waals surface area (Å²) in [6.45, 7) is 13.9. The largest absolute Gasteiger partial charge is 0.489 e. The summed E-state index contributed by atoms with van der Waals surface area (Å²) in [5, 5.41) is 0. The Labute approximate surface area is 197 Å².